The van der Waals surface area contributed by atoms with Crippen LogP contribution in [0.4, 0.5) is 0 Å². The van der Waals surface area contributed by atoms with Gasteiger partial charge in [0.05, 0.1) is 32.1 Å². The van der Waals surface area contributed by atoms with Crippen LogP contribution in [-0.4, -0.2) is 69.7 Å². The topological polar surface area (TPSA) is 72.3 Å². The lowest BCUT2D eigenvalue weighted by Gasteiger charge is -2.36. The molecule has 2 aliphatic rings. The number of carbonyl (C=O) groups is 2. The molecule has 0 aromatic heterocycles. The highest BCUT2D eigenvalue weighted by atomic mass is 16.5. The fourth-order valence-electron chi connectivity index (χ4n) is 4.31. The second-order valence-corrected chi connectivity index (χ2v) is 8.06. The van der Waals surface area contributed by atoms with Crippen LogP contribution in [0.3, 0.4) is 0 Å². The monoisotopic (exact) mass is 424 g/mol. The van der Waals surface area contributed by atoms with Gasteiger partial charge < -0.3 is 24.6 Å². The lowest BCUT2D eigenvalue weighted by molar-refractivity contribution is -0.896. The number of benzene rings is 2. The highest BCUT2D eigenvalue weighted by molar-refractivity contribution is 5.89. The van der Waals surface area contributed by atoms with Crippen LogP contribution in [0, 0.1) is 0 Å². The molecule has 4 rings (SSSR count). The second-order valence-electron chi connectivity index (χ2n) is 8.06. The van der Waals surface area contributed by atoms with E-state index in [1.165, 1.54) is 4.90 Å². The Morgan fingerprint density at radius 1 is 1.06 bits per heavy atom. The standard InChI is InChI=1S/C24H29N3O4/c1-30-16-6-11-25-22(28)17-26-12-14-27(15-13-26)24(29)23-18-7-2-4-9-20(18)31-21-10-5-3-8-19(21)23/h2-5,7-10,23H,6,11-17H2,1H3,(H,25,28)/p+1. The maximum atomic E-state index is 13.6. The van der Waals surface area contributed by atoms with Crippen molar-refractivity contribution in [2.75, 3.05) is 53.0 Å². The van der Waals surface area contributed by atoms with Crippen LogP contribution in [0.25, 0.3) is 0 Å². The Labute approximate surface area is 182 Å². The van der Waals surface area contributed by atoms with E-state index >= 15 is 0 Å². The van der Waals surface area contributed by atoms with Gasteiger partial charge in [-0.3, -0.25) is 9.59 Å². The third kappa shape index (κ3) is 4.89. The SMILES string of the molecule is COCCCNC(=O)C[NH+]1CCN(C(=O)C2c3ccccc3Oc3ccccc32)CC1. The number of para-hydroxylation sites is 2. The van der Waals surface area contributed by atoms with Gasteiger partial charge in [0, 0.05) is 31.4 Å². The van der Waals surface area contributed by atoms with Crippen LogP contribution >= 0.6 is 0 Å². The highest BCUT2D eigenvalue weighted by Gasteiger charge is 2.36. The number of hydrogen-bond acceptors (Lipinski definition) is 4. The van der Waals surface area contributed by atoms with Crippen molar-refractivity contribution in [1.82, 2.24) is 10.2 Å². The van der Waals surface area contributed by atoms with Gasteiger partial charge in [0.25, 0.3) is 5.91 Å². The molecular weight excluding hydrogens is 394 g/mol. The third-order valence-corrected chi connectivity index (χ3v) is 5.97. The average molecular weight is 425 g/mol. The van der Waals surface area contributed by atoms with Crippen molar-refractivity contribution in [2.24, 2.45) is 0 Å². The number of nitrogens with zero attached hydrogens (tertiary/aromatic N) is 1. The van der Waals surface area contributed by atoms with Gasteiger partial charge >= 0.3 is 0 Å². The average Bonchev–Trinajstić information content (AvgIpc) is 2.80. The summed E-state index contributed by atoms with van der Waals surface area (Å²) >= 11 is 0. The zero-order chi connectivity index (χ0) is 21.6. The molecule has 0 unspecified atom stereocenters. The summed E-state index contributed by atoms with van der Waals surface area (Å²) in [6.45, 7) is 4.55. The molecule has 164 valence electrons. The maximum Gasteiger partial charge on any atom is 0.275 e. The van der Waals surface area contributed by atoms with Gasteiger partial charge in [-0.25, -0.2) is 0 Å². The Hall–Kier alpha value is -2.90. The normalized spacial score (nSPS) is 16.2. The molecule has 1 fully saturated rings. The Kier molecular flexibility index (Phi) is 6.84. The molecule has 2 heterocycles. The number of piperazine rings is 1. The smallest absolute Gasteiger partial charge is 0.275 e. The number of hydrogen-bond donors (Lipinski definition) is 2. The van der Waals surface area contributed by atoms with Crippen molar-refractivity contribution in [3.63, 3.8) is 0 Å². The van der Waals surface area contributed by atoms with Crippen molar-refractivity contribution in [3.8, 4) is 11.5 Å². The zero-order valence-corrected chi connectivity index (χ0v) is 17.9. The molecule has 31 heavy (non-hydrogen) atoms. The minimum atomic E-state index is -0.355. The second kappa shape index (κ2) is 9.94. The van der Waals surface area contributed by atoms with Crippen molar-refractivity contribution in [2.45, 2.75) is 12.3 Å². The number of ether oxygens (including phenoxy) is 2. The largest absolute Gasteiger partial charge is 0.457 e. The van der Waals surface area contributed by atoms with E-state index in [0.717, 1.165) is 42.1 Å². The maximum absolute atomic E-state index is 13.6. The molecule has 0 radical (unpaired) electrons. The van der Waals surface area contributed by atoms with E-state index in [-0.39, 0.29) is 17.7 Å². The van der Waals surface area contributed by atoms with E-state index in [1.807, 2.05) is 53.4 Å². The van der Waals surface area contributed by atoms with Crippen LogP contribution in [0.1, 0.15) is 23.5 Å². The first-order valence-corrected chi connectivity index (χ1v) is 10.9. The van der Waals surface area contributed by atoms with Gasteiger partial charge in [-0.1, -0.05) is 36.4 Å². The third-order valence-electron chi connectivity index (χ3n) is 5.97. The molecular formula is C24H30N3O4+. The molecule has 7 heteroatoms. The molecule has 2 aromatic rings. The van der Waals surface area contributed by atoms with Crippen LogP contribution in [0.15, 0.2) is 48.5 Å². The summed E-state index contributed by atoms with van der Waals surface area (Å²) in [6.07, 6.45) is 0.813. The number of fused-ring (bicyclic) bond motifs is 2. The molecule has 0 saturated carbocycles. The number of quaternary nitrogens is 1. The number of nitrogens with one attached hydrogen (secondary N) is 2. The van der Waals surface area contributed by atoms with E-state index in [2.05, 4.69) is 5.32 Å². The van der Waals surface area contributed by atoms with Crippen molar-refractivity contribution in [3.05, 3.63) is 59.7 Å². The molecule has 2 aromatic carbocycles. The van der Waals surface area contributed by atoms with Crippen molar-refractivity contribution < 1.29 is 24.0 Å². The van der Waals surface area contributed by atoms with E-state index in [4.69, 9.17) is 9.47 Å². The van der Waals surface area contributed by atoms with Gasteiger partial charge in [0.1, 0.15) is 11.5 Å². The Balaban J connectivity index is 1.38. The molecule has 2 amide bonds. The van der Waals surface area contributed by atoms with Crippen molar-refractivity contribution >= 4 is 11.8 Å². The van der Waals surface area contributed by atoms with Gasteiger partial charge in [-0.15, -0.1) is 0 Å². The Bertz CT molecular complexity index is 879. The van der Waals surface area contributed by atoms with Crippen LogP contribution < -0.4 is 15.0 Å². The first-order chi connectivity index (χ1) is 15.2. The molecule has 0 spiro atoms. The predicted octanol–water partition coefficient (Wildman–Crippen LogP) is 0.804. The fourth-order valence-corrected chi connectivity index (χ4v) is 4.31. The van der Waals surface area contributed by atoms with Gasteiger partial charge in [-0.2, -0.15) is 0 Å². The van der Waals surface area contributed by atoms with Crippen LogP contribution in [0.5, 0.6) is 11.5 Å². The Morgan fingerprint density at radius 3 is 2.29 bits per heavy atom. The summed E-state index contributed by atoms with van der Waals surface area (Å²) < 4.78 is 11.0. The van der Waals surface area contributed by atoms with E-state index in [0.29, 0.717) is 32.8 Å². The molecule has 0 atom stereocenters. The lowest BCUT2D eigenvalue weighted by Crippen LogP contribution is -3.15. The van der Waals surface area contributed by atoms with E-state index in [1.54, 1.807) is 7.11 Å². The minimum Gasteiger partial charge on any atom is -0.457 e. The van der Waals surface area contributed by atoms with E-state index in [9.17, 15) is 9.59 Å². The molecule has 0 aliphatic carbocycles. The summed E-state index contributed by atoms with van der Waals surface area (Å²) in [7, 11) is 1.66. The number of carbonyl (C=O) groups excluding carboxylic acids is 2. The first-order valence-electron chi connectivity index (χ1n) is 10.9. The number of amides is 2. The minimum absolute atomic E-state index is 0.0539. The summed E-state index contributed by atoms with van der Waals surface area (Å²) in [5, 5.41) is 2.94. The van der Waals surface area contributed by atoms with E-state index < -0.39 is 0 Å². The predicted molar refractivity (Wildman–Crippen MR) is 116 cm³/mol. The summed E-state index contributed by atoms with van der Waals surface area (Å²) in [5.74, 6) is 1.29. The Morgan fingerprint density at radius 2 is 1.68 bits per heavy atom. The molecule has 7 nitrogen and oxygen atoms in total. The summed E-state index contributed by atoms with van der Waals surface area (Å²) in [5.41, 5.74) is 1.83. The van der Waals surface area contributed by atoms with Crippen LogP contribution in [-0.2, 0) is 14.3 Å². The summed E-state index contributed by atoms with van der Waals surface area (Å²) in [4.78, 5) is 28.9. The first kappa shape index (κ1) is 21.3. The van der Waals surface area contributed by atoms with Gasteiger partial charge in [0.2, 0.25) is 5.91 Å². The lowest BCUT2D eigenvalue weighted by atomic mass is 9.86. The van der Waals surface area contributed by atoms with Gasteiger partial charge in [0.15, 0.2) is 6.54 Å². The summed E-state index contributed by atoms with van der Waals surface area (Å²) in [6, 6.07) is 15.5. The van der Waals surface area contributed by atoms with Crippen LogP contribution in [0.2, 0.25) is 0 Å². The highest BCUT2D eigenvalue weighted by Crippen LogP contribution is 2.44. The number of rotatable bonds is 7. The molecule has 2 aliphatic heterocycles. The number of methoxy groups -OCH3 is 1. The molecule has 1 saturated heterocycles. The molecule has 2 N–H and O–H groups in total. The quantitative estimate of drug-likeness (QED) is 0.645. The van der Waals surface area contributed by atoms with Crippen molar-refractivity contribution in [1.29, 1.82) is 0 Å². The fraction of sp³-hybridized carbons (Fsp3) is 0.417. The zero-order valence-electron chi connectivity index (χ0n) is 17.9. The van der Waals surface area contributed by atoms with Gasteiger partial charge in [-0.05, 0) is 18.6 Å². The molecule has 0 bridgehead atoms.